The van der Waals surface area contributed by atoms with Crippen LogP contribution in [0.15, 0.2) is 133 Å². The molecule has 3 aliphatic heterocycles. The Morgan fingerprint density at radius 2 is 1.10 bits per heavy atom. The number of hydrogen-bond donors (Lipinski definition) is 0. The lowest BCUT2D eigenvalue weighted by Gasteiger charge is -2.66. The SMILES string of the molecule is Cc1cc2c3c(c1)N(c1ccc(C(C)(C)C)cc1-c1ccccc1)c1cc4c(cc1B3c1ccc(N3c5ccccc5C(C)(C)C5(C)CCCCC35C)cc1N2c1ccc(C(C)(C)C)cc1C)CC(C)(C)C4. The lowest BCUT2D eigenvalue weighted by Crippen LogP contribution is -2.67. The maximum absolute atomic E-state index is 2.82. The molecule has 366 valence electrons. The van der Waals surface area contributed by atoms with E-state index in [1.807, 2.05) is 0 Å². The Balaban J connectivity index is 1.17. The molecule has 1 saturated carbocycles. The van der Waals surface area contributed by atoms with E-state index in [-0.39, 0.29) is 39.3 Å². The molecule has 4 heteroatoms. The standard InChI is InChI=1S/C68H76BN3/c1-43-34-60-62-61(35-43)71(56-31-27-49(64(6,7)8)39-51(56)45-22-16-15-17-23-45)58-38-47-42-65(9,10)41-46(47)37-54(58)69(62)53-29-28-50(40-59(53)70(60)55-30-26-48(36-44(55)2)63(3,4)5)72-57-25-19-18-24-52(57)66(11,12)67(13)32-20-21-33-68(67,72)14/h15-19,22-31,34-40H,20-21,32-33,41-42H2,1-14H3. The summed E-state index contributed by atoms with van der Waals surface area (Å²) in [6, 6.07) is 53.1. The molecule has 7 aromatic rings. The van der Waals surface area contributed by atoms with Crippen molar-refractivity contribution in [2.75, 3.05) is 14.7 Å². The van der Waals surface area contributed by atoms with Gasteiger partial charge in [-0.15, -0.1) is 0 Å². The molecule has 5 aliphatic rings. The minimum absolute atomic E-state index is 0.00817. The van der Waals surface area contributed by atoms with Crippen molar-refractivity contribution in [1.82, 2.24) is 0 Å². The summed E-state index contributed by atoms with van der Waals surface area (Å²) >= 11 is 0. The predicted octanol–water partition coefficient (Wildman–Crippen LogP) is 16.5. The highest BCUT2D eigenvalue weighted by molar-refractivity contribution is 7.00. The number of fused-ring (bicyclic) bond motifs is 7. The third-order valence-corrected chi connectivity index (χ3v) is 19.1. The number of hydrogen-bond acceptors (Lipinski definition) is 3. The van der Waals surface area contributed by atoms with E-state index in [1.54, 1.807) is 0 Å². The minimum Gasteiger partial charge on any atom is -0.335 e. The molecule has 0 amide bonds. The Morgan fingerprint density at radius 3 is 1.78 bits per heavy atom. The van der Waals surface area contributed by atoms with Crippen LogP contribution in [0, 0.1) is 24.7 Å². The zero-order valence-corrected chi connectivity index (χ0v) is 45.9. The first-order valence-corrected chi connectivity index (χ1v) is 27.3. The first-order valence-electron chi connectivity index (χ1n) is 27.3. The fourth-order valence-corrected chi connectivity index (χ4v) is 14.8. The van der Waals surface area contributed by atoms with E-state index in [9.17, 15) is 0 Å². The largest absolute Gasteiger partial charge is 0.335 e. The normalized spacial score (nSPS) is 21.4. The fraction of sp³-hybridized carbons (Fsp3) is 0.382. The molecule has 7 aromatic carbocycles. The Bertz CT molecular complexity index is 3360. The minimum atomic E-state index is -0.0902. The van der Waals surface area contributed by atoms with Crippen molar-refractivity contribution < 1.29 is 0 Å². The summed E-state index contributed by atoms with van der Waals surface area (Å²) in [6.07, 6.45) is 7.07. The quantitative estimate of drug-likeness (QED) is 0.163. The molecular formula is C68H76BN3. The molecule has 3 nitrogen and oxygen atoms in total. The van der Waals surface area contributed by atoms with E-state index < -0.39 is 0 Å². The van der Waals surface area contributed by atoms with Gasteiger partial charge < -0.3 is 14.7 Å². The molecule has 0 radical (unpaired) electrons. The van der Waals surface area contributed by atoms with Gasteiger partial charge >= 0.3 is 0 Å². The number of anilines is 8. The maximum atomic E-state index is 2.82. The van der Waals surface area contributed by atoms with E-state index >= 15 is 0 Å². The molecular weight excluding hydrogens is 870 g/mol. The molecule has 2 unspecified atom stereocenters. The van der Waals surface area contributed by atoms with E-state index in [4.69, 9.17) is 0 Å². The van der Waals surface area contributed by atoms with Crippen LogP contribution in [0.1, 0.15) is 148 Å². The van der Waals surface area contributed by atoms with Crippen LogP contribution in [0.3, 0.4) is 0 Å². The molecule has 3 heterocycles. The van der Waals surface area contributed by atoms with Crippen molar-refractivity contribution in [2.45, 2.75) is 157 Å². The smallest absolute Gasteiger partial charge is 0.252 e. The molecule has 0 bridgehead atoms. The Kier molecular flexibility index (Phi) is 10.3. The van der Waals surface area contributed by atoms with Gasteiger partial charge in [0, 0.05) is 56.3 Å². The van der Waals surface area contributed by atoms with Crippen LogP contribution in [-0.4, -0.2) is 12.3 Å². The zero-order valence-electron chi connectivity index (χ0n) is 45.9. The number of para-hydroxylation sites is 1. The van der Waals surface area contributed by atoms with Gasteiger partial charge in [0.05, 0.1) is 5.69 Å². The zero-order chi connectivity index (χ0) is 50.7. The lowest BCUT2D eigenvalue weighted by molar-refractivity contribution is 0.0106. The summed E-state index contributed by atoms with van der Waals surface area (Å²) in [7, 11) is 0. The van der Waals surface area contributed by atoms with Gasteiger partial charge in [0.25, 0.3) is 6.71 Å². The lowest BCUT2D eigenvalue weighted by atomic mass is 9.33. The van der Waals surface area contributed by atoms with Crippen molar-refractivity contribution in [3.05, 3.63) is 172 Å². The average molecular weight is 946 g/mol. The third-order valence-electron chi connectivity index (χ3n) is 19.1. The van der Waals surface area contributed by atoms with Crippen LogP contribution in [-0.2, 0) is 29.1 Å². The molecule has 0 spiro atoms. The molecule has 1 fully saturated rings. The number of rotatable bonds is 4. The van der Waals surface area contributed by atoms with Gasteiger partial charge in [-0.2, -0.15) is 0 Å². The van der Waals surface area contributed by atoms with E-state index in [2.05, 4.69) is 245 Å². The topological polar surface area (TPSA) is 9.72 Å². The molecule has 12 rings (SSSR count). The molecule has 2 atom stereocenters. The van der Waals surface area contributed by atoms with Crippen LogP contribution in [0.4, 0.5) is 45.5 Å². The highest BCUT2D eigenvalue weighted by Gasteiger charge is 2.62. The molecule has 0 N–H and O–H groups in total. The van der Waals surface area contributed by atoms with Crippen LogP contribution in [0.2, 0.25) is 0 Å². The Labute approximate surface area is 432 Å². The van der Waals surface area contributed by atoms with Crippen LogP contribution in [0.25, 0.3) is 11.1 Å². The van der Waals surface area contributed by atoms with Crippen LogP contribution in [0.5, 0.6) is 0 Å². The van der Waals surface area contributed by atoms with Crippen molar-refractivity contribution in [1.29, 1.82) is 0 Å². The number of nitrogens with zero attached hydrogens (tertiary/aromatic N) is 3. The number of benzene rings is 7. The van der Waals surface area contributed by atoms with Crippen molar-refractivity contribution in [3.8, 4) is 11.1 Å². The van der Waals surface area contributed by atoms with E-state index in [0.29, 0.717) is 0 Å². The summed E-state index contributed by atoms with van der Waals surface area (Å²) in [6.45, 7) is 33.9. The average Bonchev–Trinajstić information content (AvgIpc) is 3.64. The molecule has 0 saturated heterocycles. The van der Waals surface area contributed by atoms with Gasteiger partial charge in [0.2, 0.25) is 0 Å². The second-order valence-electron chi connectivity index (χ2n) is 26.7. The van der Waals surface area contributed by atoms with Gasteiger partial charge in [-0.3, -0.25) is 0 Å². The highest BCUT2D eigenvalue weighted by atomic mass is 15.3. The highest BCUT2D eigenvalue weighted by Crippen LogP contribution is 2.65. The van der Waals surface area contributed by atoms with Crippen LogP contribution < -0.4 is 31.1 Å². The maximum Gasteiger partial charge on any atom is 0.252 e. The summed E-state index contributed by atoms with van der Waals surface area (Å²) in [5.74, 6) is 0. The monoisotopic (exact) mass is 946 g/mol. The second-order valence-corrected chi connectivity index (χ2v) is 26.7. The van der Waals surface area contributed by atoms with Gasteiger partial charge in [-0.25, -0.2) is 0 Å². The van der Waals surface area contributed by atoms with Crippen molar-refractivity contribution >= 4 is 68.6 Å². The predicted molar refractivity (Wildman–Crippen MR) is 311 cm³/mol. The summed E-state index contributed by atoms with van der Waals surface area (Å²) in [5, 5.41) is 0. The summed E-state index contributed by atoms with van der Waals surface area (Å²) in [4.78, 5) is 8.18. The van der Waals surface area contributed by atoms with Gasteiger partial charge in [-0.05, 0) is 184 Å². The van der Waals surface area contributed by atoms with E-state index in [0.717, 1.165) is 19.3 Å². The summed E-state index contributed by atoms with van der Waals surface area (Å²) < 4.78 is 0. The van der Waals surface area contributed by atoms with Crippen LogP contribution >= 0.6 is 0 Å². The summed E-state index contributed by atoms with van der Waals surface area (Å²) in [5.41, 5.74) is 26.9. The molecule has 2 aliphatic carbocycles. The first kappa shape index (κ1) is 47.0. The molecule has 0 aromatic heterocycles. The van der Waals surface area contributed by atoms with Crippen molar-refractivity contribution in [2.24, 2.45) is 10.8 Å². The fourth-order valence-electron chi connectivity index (χ4n) is 14.8. The van der Waals surface area contributed by atoms with Gasteiger partial charge in [0.1, 0.15) is 0 Å². The number of aryl methyl sites for hydroxylation is 2. The third kappa shape index (κ3) is 6.82. The Hall–Kier alpha value is -6.00. The van der Waals surface area contributed by atoms with Crippen molar-refractivity contribution in [3.63, 3.8) is 0 Å². The van der Waals surface area contributed by atoms with Gasteiger partial charge in [-0.1, -0.05) is 168 Å². The van der Waals surface area contributed by atoms with E-state index in [1.165, 1.54) is 131 Å². The second kappa shape index (κ2) is 15.8. The molecule has 72 heavy (non-hydrogen) atoms. The first-order chi connectivity index (χ1) is 34.0. The Morgan fingerprint density at radius 1 is 0.500 bits per heavy atom. The van der Waals surface area contributed by atoms with Gasteiger partial charge in [0.15, 0.2) is 0 Å².